The molecule has 0 fully saturated rings. The third kappa shape index (κ3) is 4.92. The summed E-state index contributed by atoms with van der Waals surface area (Å²) in [5, 5.41) is 7.14. The number of hydrogen-bond acceptors (Lipinski definition) is 3. The van der Waals surface area contributed by atoms with E-state index in [0.29, 0.717) is 6.07 Å². The zero-order valence-corrected chi connectivity index (χ0v) is 12.3. The molecular weight excluding hydrogens is 307 g/mol. The molecule has 0 saturated heterocycles. The highest BCUT2D eigenvalue weighted by Gasteiger charge is 2.34. The molecule has 0 unspecified atom stereocenters. The summed E-state index contributed by atoms with van der Waals surface area (Å²) in [6, 6.07) is 2.75. The molecule has 9 heteroatoms. The van der Waals surface area contributed by atoms with Gasteiger partial charge >= 0.3 is 6.18 Å². The van der Waals surface area contributed by atoms with Crippen LogP contribution >= 0.6 is 0 Å². The Bertz CT molecular complexity index is 640. The number of halogens is 3. The van der Waals surface area contributed by atoms with Crippen LogP contribution in [0.1, 0.15) is 25.0 Å². The summed E-state index contributed by atoms with van der Waals surface area (Å²) >= 11 is 0. The van der Waals surface area contributed by atoms with Crippen LogP contribution in [0.5, 0.6) is 0 Å². The molecular formula is C12H16F3N3O2S. The van der Waals surface area contributed by atoms with Gasteiger partial charge in [-0.05, 0) is 24.1 Å². The van der Waals surface area contributed by atoms with Gasteiger partial charge in [-0.3, -0.25) is 10.1 Å². The second kappa shape index (κ2) is 5.92. The lowest BCUT2D eigenvalue weighted by molar-refractivity contribution is -0.137. The molecule has 5 nitrogen and oxygen atoms in total. The van der Waals surface area contributed by atoms with Crippen molar-refractivity contribution < 1.29 is 21.6 Å². The molecule has 0 amide bonds. The van der Waals surface area contributed by atoms with E-state index in [9.17, 15) is 21.6 Å². The molecule has 1 aromatic rings. The molecule has 118 valence electrons. The second-order valence-corrected chi connectivity index (χ2v) is 6.72. The summed E-state index contributed by atoms with van der Waals surface area (Å²) in [7, 11) is -3.73. The van der Waals surface area contributed by atoms with Crippen LogP contribution in [0.4, 0.5) is 18.9 Å². The van der Waals surface area contributed by atoms with Gasteiger partial charge in [-0.2, -0.15) is 13.2 Å². The van der Waals surface area contributed by atoms with Crippen LogP contribution in [0, 0.1) is 11.3 Å². The van der Waals surface area contributed by atoms with E-state index >= 15 is 0 Å². The zero-order chi connectivity index (χ0) is 16.4. The first kappa shape index (κ1) is 17.3. The van der Waals surface area contributed by atoms with Crippen molar-refractivity contribution in [3.8, 4) is 0 Å². The first-order valence-electron chi connectivity index (χ1n) is 5.98. The van der Waals surface area contributed by atoms with Crippen molar-refractivity contribution in [2.75, 3.05) is 10.5 Å². The lowest BCUT2D eigenvalue weighted by Gasteiger charge is -2.15. The summed E-state index contributed by atoms with van der Waals surface area (Å²) in [6.45, 7) is 3.36. The van der Waals surface area contributed by atoms with Gasteiger partial charge in [-0.1, -0.05) is 13.8 Å². The summed E-state index contributed by atoms with van der Waals surface area (Å²) in [4.78, 5) is 0. The van der Waals surface area contributed by atoms with E-state index < -0.39 is 33.2 Å². The van der Waals surface area contributed by atoms with Gasteiger partial charge < -0.3 is 5.73 Å². The predicted octanol–water partition coefficient (Wildman–Crippen LogP) is 2.39. The van der Waals surface area contributed by atoms with Gasteiger partial charge in [0.15, 0.2) is 0 Å². The maximum absolute atomic E-state index is 12.9. The fourth-order valence-corrected chi connectivity index (χ4v) is 3.18. The fraction of sp³-hybridized carbons (Fsp3) is 0.417. The third-order valence-corrected chi connectivity index (χ3v) is 4.09. The Labute approximate surface area is 120 Å². The normalized spacial score (nSPS) is 12.5. The van der Waals surface area contributed by atoms with E-state index in [1.807, 2.05) is 0 Å². The number of nitrogens with two attached hydrogens (primary N) is 1. The van der Waals surface area contributed by atoms with Crippen molar-refractivity contribution >= 4 is 21.5 Å². The molecule has 0 spiro atoms. The van der Waals surface area contributed by atoms with E-state index in [4.69, 9.17) is 11.1 Å². The Morgan fingerprint density at radius 3 is 2.38 bits per heavy atom. The van der Waals surface area contributed by atoms with E-state index in [-0.39, 0.29) is 17.4 Å². The number of nitrogen functional groups attached to an aromatic ring is 1. The number of amidine groups is 1. The van der Waals surface area contributed by atoms with Crippen molar-refractivity contribution in [2.24, 2.45) is 11.7 Å². The minimum absolute atomic E-state index is 0.166. The number of hydrogen-bond donors (Lipinski definition) is 3. The number of nitrogens with one attached hydrogen (secondary N) is 2. The number of rotatable bonds is 5. The van der Waals surface area contributed by atoms with E-state index in [1.54, 1.807) is 13.8 Å². The molecule has 1 aromatic carbocycles. The Hall–Kier alpha value is -1.77. The van der Waals surface area contributed by atoms with Gasteiger partial charge in [0, 0.05) is 11.3 Å². The van der Waals surface area contributed by atoms with Gasteiger partial charge in [0.05, 0.1) is 11.3 Å². The van der Waals surface area contributed by atoms with Gasteiger partial charge in [-0.15, -0.1) is 0 Å². The summed E-state index contributed by atoms with van der Waals surface area (Å²) in [6.07, 6.45) is -4.74. The van der Waals surface area contributed by atoms with Crippen molar-refractivity contribution in [3.63, 3.8) is 0 Å². The van der Waals surface area contributed by atoms with Crippen LogP contribution in [0.15, 0.2) is 18.2 Å². The highest BCUT2D eigenvalue weighted by molar-refractivity contribution is 7.92. The maximum Gasteiger partial charge on any atom is 0.417 e. The van der Waals surface area contributed by atoms with Crippen molar-refractivity contribution in [1.82, 2.24) is 0 Å². The first-order valence-corrected chi connectivity index (χ1v) is 7.64. The van der Waals surface area contributed by atoms with Crippen LogP contribution in [0.3, 0.4) is 0 Å². The van der Waals surface area contributed by atoms with E-state index in [2.05, 4.69) is 4.72 Å². The van der Waals surface area contributed by atoms with Gasteiger partial charge in [0.1, 0.15) is 5.84 Å². The second-order valence-electron chi connectivity index (χ2n) is 4.95. The molecule has 1 rings (SSSR count). The summed E-state index contributed by atoms with van der Waals surface area (Å²) < 4.78 is 64.3. The highest BCUT2D eigenvalue weighted by Crippen LogP contribution is 2.34. The van der Waals surface area contributed by atoms with Gasteiger partial charge in [-0.25, -0.2) is 8.42 Å². The monoisotopic (exact) mass is 323 g/mol. The molecule has 0 saturated carbocycles. The van der Waals surface area contributed by atoms with Crippen molar-refractivity contribution in [2.45, 2.75) is 20.0 Å². The molecule has 0 heterocycles. The molecule has 4 N–H and O–H groups in total. The molecule has 21 heavy (non-hydrogen) atoms. The zero-order valence-electron chi connectivity index (χ0n) is 11.5. The SMILES string of the molecule is CC(C)CS(=O)(=O)Nc1ccc(C(=N)N)c(C(F)(F)F)c1. The van der Waals surface area contributed by atoms with Gasteiger partial charge in [0.25, 0.3) is 0 Å². The third-order valence-electron chi connectivity index (χ3n) is 2.44. The van der Waals surface area contributed by atoms with E-state index in [1.165, 1.54) is 0 Å². The smallest absolute Gasteiger partial charge is 0.384 e. The quantitative estimate of drug-likeness (QED) is 0.573. The Balaban J connectivity index is 3.21. The predicted molar refractivity (Wildman–Crippen MR) is 74.7 cm³/mol. The van der Waals surface area contributed by atoms with Crippen LogP contribution in [0.2, 0.25) is 0 Å². The van der Waals surface area contributed by atoms with Crippen LogP contribution in [-0.2, 0) is 16.2 Å². The van der Waals surface area contributed by atoms with Crippen molar-refractivity contribution in [3.05, 3.63) is 29.3 Å². The van der Waals surface area contributed by atoms with Crippen LogP contribution in [-0.4, -0.2) is 20.0 Å². The average molecular weight is 323 g/mol. The highest BCUT2D eigenvalue weighted by atomic mass is 32.2. The minimum atomic E-state index is -4.74. The standard InChI is InChI=1S/C12H16F3N3O2S/c1-7(2)6-21(19,20)18-8-3-4-9(11(16)17)10(5-8)12(13,14)15/h3-5,7,18H,6H2,1-2H3,(H3,16,17). The van der Waals surface area contributed by atoms with Crippen molar-refractivity contribution in [1.29, 1.82) is 5.41 Å². The molecule has 0 radical (unpaired) electrons. The van der Waals surface area contributed by atoms with Crippen LogP contribution < -0.4 is 10.5 Å². The number of anilines is 1. The maximum atomic E-state index is 12.9. The average Bonchev–Trinajstić information content (AvgIpc) is 2.24. The molecule has 0 aromatic heterocycles. The number of benzene rings is 1. The lowest BCUT2D eigenvalue weighted by Crippen LogP contribution is -2.22. The van der Waals surface area contributed by atoms with Gasteiger partial charge in [0.2, 0.25) is 10.0 Å². The number of sulfonamides is 1. The Morgan fingerprint density at radius 2 is 1.95 bits per heavy atom. The topological polar surface area (TPSA) is 96.0 Å². The lowest BCUT2D eigenvalue weighted by atomic mass is 10.1. The van der Waals surface area contributed by atoms with E-state index in [0.717, 1.165) is 12.1 Å². The Morgan fingerprint density at radius 1 is 1.38 bits per heavy atom. The molecule has 0 aliphatic rings. The Kier molecular flexibility index (Phi) is 4.87. The summed E-state index contributed by atoms with van der Waals surface area (Å²) in [5.41, 5.74) is 3.24. The van der Waals surface area contributed by atoms with Crippen LogP contribution in [0.25, 0.3) is 0 Å². The molecule has 0 aliphatic heterocycles. The molecule has 0 aliphatic carbocycles. The minimum Gasteiger partial charge on any atom is -0.384 e. The fourth-order valence-electron chi connectivity index (χ4n) is 1.74. The number of alkyl halides is 3. The molecule has 0 bridgehead atoms. The molecule has 0 atom stereocenters. The summed E-state index contributed by atoms with van der Waals surface area (Å²) in [5.74, 6) is -1.11. The largest absolute Gasteiger partial charge is 0.417 e. The first-order chi connectivity index (χ1) is 9.42.